The van der Waals surface area contributed by atoms with Gasteiger partial charge in [0.15, 0.2) is 5.01 Å². The van der Waals surface area contributed by atoms with E-state index in [4.69, 9.17) is 0 Å². The maximum absolute atomic E-state index is 14.3. The summed E-state index contributed by atoms with van der Waals surface area (Å²) >= 11 is 0.527. The van der Waals surface area contributed by atoms with Crippen molar-refractivity contribution in [1.82, 2.24) is 20.2 Å². The molecule has 1 aliphatic heterocycles. The Kier molecular flexibility index (Phi) is 8.16. The van der Waals surface area contributed by atoms with Crippen LogP contribution in [0.1, 0.15) is 79.2 Å². The molecular formula is C26H32F5N5O3S. The fourth-order valence-corrected chi connectivity index (χ4v) is 5.78. The van der Waals surface area contributed by atoms with Gasteiger partial charge < -0.3 is 20.6 Å². The molecule has 1 saturated carbocycles. The summed E-state index contributed by atoms with van der Waals surface area (Å²) in [5.41, 5.74) is -3.43. The number of hydrogen-bond donors (Lipinski definition) is 3. The number of aromatic nitrogens is 2. The molecular weight excluding hydrogens is 557 g/mol. The van der Waals surface area contributed by atoms with Crippen molar-refractivity contribution in [3.8, 4) is 10.4 Å². The number of alkyl halides is 5. The topological polar surface area (TPSA) is 107 Å². The summed E-state index contributed by atoms with van der Waals surface area (Å²) in [6, 6.07) is -0.151. The normalized spacial score (nSPS) is 20.2. The van der Waals surface area contributed by atoms with E-state index < -0.39 is 65.3 Å². The molecule has 2 atom stereocenters. The van der Waals surface area contributed by atoms with Gasteiger partial charge in [0, 0.05) is 36.8 Å². The Balaban J connectivity index is 1.77. The fraction of sp³-hybridized carbons (Fsp3) is 0.615. The summed E-state index contributed by atoms with van der Waals surface area (Å²) in [5.74, 6) is -4.68. The molecule has 0 aromatic carbocycles. The highest BCUT2D eigenvalue weighted by atomic mass is 32.1. The number of thiazole rings is 1. The average Bonchev–Trinajstić information content (AvgIpc) is 3.35. The number of pyridine rings is 1. The lowest BCUT2D eigenvalue weighted by atomic mass is 9.80. The second-order valence-corrected chi connectivity index (χ2v) is 12.3. The van der Waals surface area contributed by atoms with Gasteiger partial charge in [-0.2, -0.15) is 13.2 Å². The number of carbonyl (C=O) groups excluding carboxylic acids is 2. The van der Waals surface area contributed by atoms with Crippen molar-refractivity contribution in [2.75, 3.05) is 18.4 Å². The van der Waals surface area contributed by atoms with E-state index >= 15 is 0 Å². The average molecular weight is 590 g/mol. The molecule has 3 heterocycles. The predicted octanol–water partition coefficient (Wildman–Crippen LogP) is 5.19. The van der Waals surface area contributed by atoms with E-state index in [9.17, 15) is 36.6 Å². The van der Waals surface area contributed by atoms with Gasteiger partial charge in [0.25, 0.3) is 17.7 Å². The van der Waals surface area contributed by atoms with Crippen LogP contribution in [0, 0.1) is 5.92 Å². The first-order valence-electron chi connectivity index (χ1n) is 13.0. The van der Waals surface area contributed by atoms with Gasteiger partial charge in [-0.15, -0.1) is 11.3 Å². The zero-order chi connectivity index (χ0) is 29.6. The molecule has 2 amide bonds. The molecule has 0 radical (unpaired) electrons. The molecule has 40 heavy (non-hydrogen) atoms. The summed E-state index contributed by atoms with van der Waals surface area (Å²) in [6.07, 6.45) is -1.51. The molecule has 2 fully saturated rings. The Morgan fingerprint density at radius 3 is 2.48 bits per heavy atom. The van der Waals surface area contributed by atoms with E-state index in [0.717, 1.165) is 36.4 Å². The lowest BCUT2D eigenvalue weighted by molar-refractivity contribution is -0.137. The van der Waals surface area contributed by atoms with Gasteiger partial charge in [-0.3, -0.25) is 9.59 Å². The monoisotopic (exact) mass is 589 g/mol. The number of nitrogens with zero attached hydrogens (tertiary/aromatic N) is 3. The van der Waals surface area contributed by atoms with Gasteiger partial charge in [0.2, 0.25) is 0 Å². The van der Waals surface area contributed by atoms with Crippen LogP contribution < -0.4 is 10.6 Å². The van der Waals surface area contributed by atoms with Crippen LogP contribution in [0.5, 0.6) is 0 Å². The number of nitrogens with one attached hydrogen (secondary N) is 2. The standard InChI is InChI=1S/C26H32F5N5O3S/c1-13-9-25(27,28)12-36(13)23(38)19-20(40-22(35-19)21(37)33-11-24(3,4)39)16-10-32-18(8-17(16)26(29,30)31)34-14(2)15-6-5-7-15/h8,10,13-15,39H,5-7,9,11-12H2,1-4H3,(H,32,34)(H,33,37). The first kappa shape index (κ1) is 30.1. The van der Waals surface area contributed by atoms with Crippen molar-refractivity contribution >= 4 is 29.0 Å². The first-order chi connectivity index (χ1) is 18.4. The van der Waals surface area contributed by atoms with Crippen LogP contribution in [0.3, 0.4) is 0 Å². The summed E-state index contributed by atoms with van der Waals surface area (Å²) in [7, 11) is 0. The Morgan fingerprint density at radius 2 is 1.95 bits per heavy atom. The van der Waals surface area contributed by atoms with Gasteiger partial charge in [-0.05, 0) is 52.5 Å². The Morgan fingerprint density at radius 1 is 1.27 bits per heavy atom. The smallest absolute Gasteiger partial charge is 0.389 e. The van der Waals surface area contributed by atoms with Crippen LogP contribution in [0.2, 0.25) is 0 Å². The predicted molar refractivity (Wildman–Crippen MR) is 139 cm³/mol. The molecule has 8 nitrogen and oxygen atoms in total. The molecule has 0 spiro atoms. The third-order valence-corrected chi connectivity index (χ3v) is 8.27. The van der Waals surface area contributed by atoms with Gasteiger partial charge in [0.05, 0.1) is 22.6 Å². The highest BCUT2D eigenvalue weighted by molar-refractivity contribution is 7.17. The van der Waals surface area contributed by atoms with Crippen molar-refractivity contribution in [3.05, 3.63) is 28.5 Å². The number of anilines is 1. The van der Waals surface area contributed by atoms with Crippen LogP contribution in [-0.4, -0.2) is 68.5 Å². The van der Waals surface area contributed by atoms with E-state index in [0.29, 0.717) is 17.3 Å². The lowest BCUT2D eigenvalue weighted by Gasteiger charge is -2.32. The number of carbonyl (C=O) groups is 2. The molecule has 2 unspecified atom stereocenters. The summed E-state index contributed by atoms with van der Waals surface area (Å²) < 4.78 is 71.1. The number of aliphatic hydroxyl groups is 1. The maximum Gasteiger partial charge on any atom is 0.417 e. The Hall–Kier alpha value is -2.87. The Bertz CT molecular complexity index is 1270. The quantitative estimate of drug-likeness (QED) is 0.366. The van der Waals surface area contributed by atoms with E-state index in [1.54, 1.807) is 0 Å². The van der Waals surface area contributed by atoms with Crippen LogP contribution in [0.4, 0.5) is 27.8 Å². The van der Waals surface area contributed by atoms with Crippen molar-refractivity contribution < 1.29 is 36.6 Å². The maximum atomic E-state index is 14.3. The Labute approximate surface area is 232 Å². The van der Waals surface area contributed by atoms with Crippen LogP contribution in [-0.2, 0) is 6.18 Å². The van der Waals surface area contributed by atoms with Crippen LogP contribution in [0.25, 0.3) is 10.4 Å². The molecule has 2 aromatic heterocycles. The minimum atomic E-state index is -4.87. The first-order valence-corrected chi connectivity index (χ1v) is 13.8. The number of halogens is 5. The summed E-state index contributed by atoms with van der Waals surface area (Å²) in [4.78, 5) is 35.0. The SMILES string of the molecule is CC(Nc1cc(C(F)(F)F)c(-c2sc(C(=O)NCC(C)(C)O)nc2C(=O)N2CC(F)(F)CC2C)cn1)C1CCC1. The second-order valence-electron chi connectivity index (χ2n) is 11.3. The van der Waals surface area contributed by atoms with Crippen LogP contribution in [0.15, 0.2) is 12.3 Å². The van der Waals surface area contributed by atoms with Crippen molar-refractivity contribution in [1.29, 1.82) is 0 Å². The minimum absolute atomic E-state index is 0.00354. The number of rotatable bonds is 8. The summed E-state index contributed by atoms with van der Waals surface area (Å²) in [6.45, 7) is 5.04. The molecule has 14 heteroatoms. The molecule has 3 N–H and O–H groups in total. The van der Waals surface area contributed by atoms with E-state index in [1.165, 1.54) is 20.8 Å². The molecule has 2 aromatic rings. The highest BCUT2D eigenvalue weighted by Crippen LogP contribution is 2.43. The highest BCUT2D eigenvalue weighted by Gasteiger charge is 2.46. The zero-order valence-electron chi connectivity index (χ0n) is 22.5. The molecule has 220 valence electrons. The van der Waals surface area contributed by atoms with Gasteiger partial charge in [0.1, 0.15) is 11.5 Å². The van der Waals surface area contributed by atoms with E-state index in [2.05, 4.69) is 20.6 Å². The third-order valence-electron chi connectivity index (χ3n) is 7.18. The summed E-state index contributed by atoms with van der Waals surface area (Å²) in [5, 5.41) is 15.0. The zero-order valence-corrected chi connectivity index (χ0v) is 23.3. The lowest BCUT2D eigenvalue weighted by Crippen LogP contribution is -2.38. The van der Waals surface area contributed by atoms with Gasteiger partial charge >= 0.3 is 6.18 Å². The van der Waals surface area contributed by atoms with Crippen molar-refractivity contribution in [2.24, 2.45) is 5.92 Å². The van der Waals surface area contributed by atoms with Crippen LogP contribution >= 0.6 is 11.3 Å². The molecule has 0 bridgehead atoms. The number of likely N-dealkylation sites (tertiary alicyclic amines) is 1. The minimum Gasteiger partial charge on any atom is -0.389 e. The number of hydrogen-bond acceptors (Lipinski definition) is 7. The van der Waals surface area contributed by atoms with Crippen molar-refractivity contribution in [3.63, 3.8) is 0 Å². The van der Waals surface area contributed by atoms with Crippen molar-refractivity contribution in [2.45, 2.75) is 83.2 Å². The number of amides is 2. The van der Waals surface area contributed by atoms with Gasteiger partial charge in [-0.25, -0.2) is 18.7 Å². The third kappa shape index (κ3) is 6.70. The fourth-order valence-electron chi connectivity index (χ4n) is 4.78. The largest absolute Gasteiger partial charge is 0.417 e. The van der Waals surface area contributed by atoms with Gasteiger partial charge in [-0.1, -0.05) is 6.42 Å². The second kappa shape index (κ2) is 10.8. The molecule has 1 saturated heterocycles. The molecule has 2 aliphatic rings. The molecule has 4 rings (SSSR count). The molecule has 1 aliphatic carbocycles. The van der Waals surface area contributed by atoms with E-state index in [1.807, 2.05) is 6.92 Å². The van der Waals surface area contributed by atoms with E-state index in [-0.39, 0.29) is 28.3 Å².